The van der Waals surface area contributed by atoms with E-state index in [4.69, 9.17) is 8.92 Å². The number of hydrogen-bond donors (Lipinski definition) is 1. The third kappa shape index (κ3) is 6.25. The minimum Gasteiger partial charge on any atom is -0.439 e. The van der Waals surface area contributed by atoms with Crippen LogP contribution in [-0.2, 0) is 33.5 Å². The molecular weight excluding hydrogens is 489 g/mol. The molecule has 0 radical (unpaired) electrons. The zero-order valence-electron chi connectivity index (χ0n) is 18.2. The van der Waals surface area contributed by atoms with E-state index in [1.54, 1.807) is 18.2 Å². The summed E-state index contributed by atoms with van der Waals surface area (Å²) in [6.07, 6.45) is -1.86. The number of anilines is 2. The molecule has 0 aliphatic carbocycles. The number of urea groups is 1. The van der Waals surface area contributed by atoms with E-state index in [2.05, 4.69) is 15.3 Å². The summed E-state index contributed by atoms with van der Waals surface area (Å²) >= 11 is 0. The molecule has 1 aliphatic heterocycles. The van der Waals surface area contributed by atoms with E-state index in [0.717, 1.165) is 24.0 Å². The largest absolute Gasteiger partial charge is 0.439 e. The van der Waals surface area contributed by atoms with Crippen LogP contribution in [0, 0.1) is 0 Å². The smallest absolute Gasteiger partial charge is 0.416 e. The molecule has 0 unspecified atom stereocenters. The molecule has 184 valence electrons. The summed E-state index contributed by atoms with van der Waals surface area (Å²) in [7, 11) is -3.63. The maximum Gasteiger partial charge on any atom is 0.416 e. The van der Waals surface area contributed by atoms with Crippen molar-refractivity contribution >= 4 is 27.5 Å². The van der Waals surface area contributed by atoms with Crippen molar-refractivity contribution < 1.29 is 35.3 Å². The Balaban J connectivity index is 1.44. The van der Waals surface area contributed by atoms with Crippen LogP contribution < -0.4 is 15.0 Å². The van der Waals surface area contributed by atoms with Crippen LogP contribution in [0.1, 0.15) is 16.8 Å². The predicted molar refractivity (Wildman–Crippen MR) is 120 cm³/mol. The Bertz CT molecular complexity index is 1370. The van der Waals surface area contributed by atoms with E-state index in [1.165, 1.54) is 29.4 Å². The summed E-state index contributed by atoms with van der Waals surface area (Å²) in [6, 6.07) is 10.3. The molecule has 0 bridgehead atoms. The van der Waals surface area contributed by atoms with Gasteiger partial charge in [-0.3, -0.25) is 9.08 Å². The Labute approximate surface area is 198 Å². The average Bonchev–Trinajstić information content (AvgIpc) is 3.21. The summed E-state index contributed by atoms with van der Waals surface area (Å²) in [5, 5.41) is 2.50. The molecule has 13 heteroatoms. The highest BCUT2D eigenvalue weighted by atomic mass is 32.2. The van der Waals surface area contributed by atoms with Crippen molar-refractivity contribution in [2.75, 3.05) is 23.0 Å². The molecule has 0 fully saturated rings. The zero-order chi connectivity index (χ0) is 25.2. The van der Waals surface area contributed by atoms with Gasteiger partial charge in [0.1, 0.15) is 18.7 Å². The molecule has 4 rings (SSSR count). The maximum absolute atomic E-state index is 12.9. The van der Waals surface area contributed by atoms with Gasteiger partial charge in [-0.05, 0) is 48.4 Å². The number of alkyl halides is 3. The van der Waals surface area contributed by atoms with Crippen molar-refractivity contribution in [3.8, 4) is 11.6 Å². The Morgan fingerprint density at radius 2 is 1.94 bits per heavy atom. The second-order valence-electron chi connectivity index (χ2n) is 7.62. The van der Waals surface area contributed by atoms with Gasteiger partial charge in [-0.1, -0.05) is 6.07 Å². The van der Waals surface area contributed by atoms with Crippen molar-refractivity contribution in [3.05, 3.63) is 71.7 Å². The lowest BCUT2D eigenvalue weighted by Gasteiger charge is -2.19. The van der Waals surface area contributed by atoms with E-state index in [-0.39, 0.29) is 18.2 Å². The normalized spacial score (nSPS) is 13.4. The van der Waals surface area contributed by atoms with Crippen LogP contribution in [0.5, 0.6) is 11.6 Å². The standard InChI is InChI=1S/C22H19F3N4O5S/c1-35(31,32)33-12-17-11-20(27-13-26-17)34-18-5-6-19-14(9-18)7-8-29(19)21(30)28-16-4-2-3-15(10-16)22(23,24)25/h2-6,9-11,13H,7-8,12H2,1H3,(H,28,30). The highest BCUT2D eigenvalue weighted by molar-refractivity contribution is 7.85. The van der Waals surface area contributed by atoms with E-state index in [0.29, 0.717) is 30.1 Å². The summed E-state index contributed by atoms with van der Waals surface area (Å²) in [4.78, 5) is 22.1. The molecule has 0 saturated carbocycles. The quantitative estimate of drug-likeness (QED) is 0.493. The number of amides is 2. The number of hydrogen-bond acceptors (Lipinski definition) is 7. The van der Waals surface area contributed by atoms with Crippen LogP contribution in [0.15, 0.2) is 54.9 Å². The van der Waals surface area contributed by atoms with Crippen molar-refractivity contribution in [2.45, 2.75) is 19.2 Å². The van der Waals surface area contributed by atoms with Gasteiger partial charge in [-0.15, -0.1) is 0 Å². The Morgan fingerprint density at radius 3 is 2.69 bits per heavy atom. The molecule has 3 aromatic rings. The predicted octanol–water partition coefficient (Wildman–Crippen LogP) is 4.36. The number of ether oxygens (including phenoxy) is 1. The van der Waals surface area contributed by atoms with Gasteiger partial charge in [0, 0.05) is 24.0 Å². The Kier molecular flexibility index (Phi) is 6.63. The van der Waals surface area contributed by atoms with Crippen molar-refractivity contribution in [1.82, 2.24) is 9.97 Å². The number of carbonyl (C=O) groups is 1. The lowest BCUT2D eigenvalue weighted by Crippen LogP contribution is -2.33. The van der Waals surface area contributed by atoms with E-state index < -0.39 is 27.9 Å². The fourth-order valence-electron chi connectivity index (χ4n) is 3.42. The van der Waals surface area contributed by atoms with Crippen LogP contribution in [-0.4, -0.2) is 37.2 Å². The molecule has 0 saturated heterocycles. The van der Waals surface area contributed by atoms with Crippen molar-refractivity contribution in [1.29, 1.82) is 0 Å². The topological polar surface area (TPSA) is 111 Å². The maximum atomic E-state index is 12.9. The summed E-state index contributed by atoms with van der Waals surface area (Å²) in [6.45, 7) is 0.0713. The minimum atomic E-state index is -4.51. The Morgan fingerprint density at radius 1 is 1.14 bits per heavy atom. The number of aromatic nitrogens is 2. The third-order valence-electron chi connectivity index (χ3n) is 4.97. The molecule has 0 atom stereocenters. The summed E-state index contributed by atoms with van der Waals surface area (Å²) in [5.74, 6) is 0.599. The zero-order valence-corrected chi connectivity index (χ0v) is 19.1. The summed E-state index contributed by atoms with van der Waals surface area (Å²) < 4.78 is 71.5. The highest BCUT2D eigenvalue weighted by Gasteiger charge is 2.31. The van der Waals surface area contributed by atoms with Gasteiger partial charge in [-0.2, -0.15) is 21.6 Å². The van der Waals surface area contributed by atoms with Crippen molar-refractivity contribution in [3.63, 3.8) is 0 Å². The van der Waals surface area contributed by atoms with Crippen LogP contribution in [0.3, 0.4) is 0 Å². The van der Waals surface area contributed by atoms with Gasteiger partial charge in [-0.25, -0.2) is 14.8 Å². The molecule has 2 heterocycles. The molecular formula is C22H19F3N4O5S. The van der Waals surface area contributed by atoms with Gasteiger partial charge in [0.2, 0.25) is 5.88 Å². The lowest BCUT2D eigenvalue weighted by molar-refractivity contribution is -0.137. The van der Waals surface area contributed by atoms with Crippen LogP contribution in [0.4, 0.5) is 29.3 Å². The van der Waals surface area contributed by atoms with E-state index in [1.807, 2.05) is 0 Å². The summed E-state index contributed by atoms with van der Waals surface area (Å²) in [5.41, 5.74) is 0.898. The SMILES string of the molecule is CS(=O)(=O)OCc1cc(Oc2ccc3c(c2)CCN3C(=O)Nc2cccc(C(F)(F)F)c2)ncn1. The molecule has 0 spiro atoms. The fourth-order valence-corrected chi connectivity index (χ4v) is 3.75. The molecule has 9 nitrogen and oxygen atoms in total. The number of nitrogens with one attached hydrogen (secondary N) is 1. The minimum absolute atomic E-state index is 0.0395. The second kappa shape index (κ2) is 9.50. The first-order valence-corrected chi connectivity index (χ1v) is 12.0. The number of benzene rings is 2. The monoisotopic (exact) mass is 508 g/mol. The third-order valence-corrected chi connectivity index (χ3v) is 5.52. The number of nitrogens with zero attached hydrogens (tertiary/aromatic N) is 3. The number of rotatable bonds is 6. The molecule has 1 aliphatic rings. The average molecular weight is 508 g/mol. The van der Waals surface area contributed by atoms with Gasteiger partial charge in [0.15, 0.2) is 0 Å². The van der Waals surface area contributed by atoms with Crippen LogP contribution in [0.2, 0.25) is 0 Å². The van der Waals surface area contributed by atoms with Gasteiger partial charge < -0.3 is 10.1 Å². The number of halogens is 3. The van der Waals surface area contributed by atoms with Crippen LogP contribution >= 0.6 is 0 Å². The number of carbonyl (C=O) groups excluding carboxylic acids is 1. The second-order valence-corrected chi connectivity index (χ2v) is 9.26. The first-order chi connectivity index (χ1) is 16.5. The highest BCUT2D eigenvalue weighted by Crippen LogP contribution is 2.34. The van der Waals surface area contributed by atoms with Gasteiger partial charge in [0.25, 0.3) is 10.1 Å². The Hall–Kier alpha value is -3.71. The number of fused-ring (bicyclic) bond motifs is 1. The first kappa shape index (κ1) is 24.4. The molecule has 2 amide bonds. The van der Waals surface area contributed by atoms with Gasteiger partial charge in [0.05, 0.1) is 17.5 Å². The van der Waals surface area contributed by atoms with E-state index in [9.17, 15) is 26.4 Å². The van der Waals surface area contributed by atoms with E-state index >= 15 is 0 Å². The molecule has 35 heavy (non-hydrogen) atoms. The molecule has 2 aromatic carbocycles. The van der Waals surface area contributed by atoms with Crippen molar-refractivity contribution in [2.24, 2.45) is 0 Å². The fraction of sp³-hybridized carbons (Fsp3) is 0.227. The molecule has 1 aromatic heterocycles. The first-order valence-electron chi connectivity index (χ1n) is 10.2. The van der Waals surface area contributed by atoms with Crippen LogP contribution in [0.25, 0.3) is 0 Å². The lowest BCUT2D eigenvalue weighted by atomic mass is 10.1. The molecule has 1 N–H and O–H groups in total. The van der Waals surface area contributed by atoms with Gasteiger partial charge >= 0.3 is 12.2 Å².